The van der Waals surface area contributed by atoms with Gasteiger partial charge in [-0.3, -0.25) is 4.40 Å². The standard InChI is InChI=1S/C31H36ClF3N6OS2/c1-5-7-11-39-13-14-40(44(42)26-15-19(3)17-36-29(26)39)18-22-16-21(8-9-25(22)32)23(6-2)27(43)24-10-12-41-28(20(24)4)37-38-30(41)31(33,34)35/h8-10,12,15-17,23,27,43H,5-7,11,13-14,18H2,1-4H3. The summed E-state index contributed by atoms with van der Waals surface area (Å²) < 4.78 is 57.1. The molecule has 5 rings (SSSR count). The highest BCUT2D eigenvalue weighted by Gasteiger charge is 2.37. The van der Waals surface area contributed by atoms with Crippen molar-refractivity contribution in [1.29, 1.82) is 0 Å². The lowest BCUT2D eigenvalue weighted by Crippen LogP contribution is -2.33. The van der Waals surface area contributed by atoms with Gasteiger partial charge in [0.2, 0.25) is 5.82 Å². The summed E-state index contributed by atoms with van der Waals surface area (Å²) >= 11 is 11.7. The molecule has 0 spiro atoms. The number of pyridine rings is 2. The third-order valence-electron chi connectivity index (χ3n) is 8.20. The number of hydrogen-bond acceptors (Lipinski definition) is 6. The Morgan fingerprint density at radius 3 is 2.59 bits per heavy atom. The molecule has 0 fully saturated rings. The van der Waals surface area contributed by atoms with Crippen molar-refractivity contribution in [3.8, 4) is 0 Å². The number of unbranched alkanes of at least 4 members (excludes halogenated alkanes) is 1. The van der Waals surface area contributed by atoms with Crippen LogP contribution in [0.3, 0.4) is 0 Å². The number of halogens is 4. The molecule has 0 saturated carbocycles. The summed E-state index contributed by atoms with van der Waals surface area (Å²) in [6.07, 6.45) is 1.37. The van der Waals surface area contributed by atoms with Crippen LogP contribution in [-0.2, 0) is 23.7 Å². The van der Waals surface area contributed by atoms with Gasteiger partial charge in [0.05, 0.1) is 4.90 Å². The highest BCUT2D eigenvalue weighted by molar-refractivity contribution is 7.82. The van der Waals surface area contributed by atoms with E-state index >= 15 is 0 Å². The van der Waals surface area contributed by atoms with Gasteiger partial charge in [-0.15, -0.1) is 10.2 Å². The summed E-state index contributed by atoms with van der Waals surface area (Å²) in [7, 11) is -1.43. The Hall–Kier alpha value is -2.67. The first kappa shape index (κ1) is 32.7. The summed E-state index contributed by atoms with van der Waals surface area (Å²) in [6.45, 7) is 10.4. The first-order valence-corrected chi connectivity index (χ1v) is 16.7. The number of thiol groups is 1. The molecule has 0 bridgehead atoms. The lowest BCUT2D eigenvalue weighted by molar-refractivity contribution is -0.145. The number of aromatic nitrogens is 4. The number of benzene rings is 1. The first-order chi connectivity index (χ1) is 20.9. The second-order valence-corrected chi connectivity index (χ2v) is 13.6. The van der Waals surface area contributed by atoms with Gasteiger partial charge in [-0.25, -0.2) is 13.5 Å². The largest absolute Gasteiger partial charge is 0.452 e. The molecule has 0 N–H and O–H groups in total. The van der Waals surface area contributed by atoms with Crippen molar-refractivity contribution < 1.29 is 17.4 Å². The van der Waals surface area contributed by atoms with E-state index in [2.05, 4.69) is 33.9 Å². The molecule has 3 unspecified atom stereocenters. The predicted molar refractivity (Wildman–Crippen MR) is 172 cm³/mol. The maximum atomic E-state index is 13.9. The van der Waals surface area contributed by atoms with E-state index in [1.807, 2.05) is 41.7 Å². The SMILES string of the molecule is CCCCN1CCN(Cc2cc(C(CC)C(S)c3ccn4c(C(F)(F)F)nnc4c3C)ccc2Cl)S(=O)c2cc(C)cnc21. The van der Waals surface area contributed by atoms with E-state index in [0.29, 0.717) is 35.1 Å². The summed E-state index contributed by atoms with van der Waals surface area (Å²) in [4.78, 5) is 7.59. The van der Waals surface area contributed by atoms with Gasteiger partial charge in [-0.2, -0.15) is 25.8 Å². The molecule has 0 radical (unpaired) electrons. The van der Waals surface area contributed by atoms with Crippen LogP contribution in [0, 0.1) is 13.8 Å². The molecule has 7 nitrogen and oxygen atoms in total. The number of hydrogen-bond donors (Lipinski definition) is 1. The molecule has 13 heteroatoms. The zero-order chi connectivity index (χ0) is 31.8. The van der Waals surface area contributed by atoms with Crippen LogP contribution in [0.1, 0.15) is 77.9 Å². The first-order valence-electron chi connectivity index (χ1n) is 14.7. The normalized spacial score (nSPS) is 17.5. The number of nitrogens with zero attached hydrogens (tertiary/aromatic N) is 6. The molecular formula is C31H36ClF3N6OS2. The molecule has 1 aliphatic rings. The lowest BCUT2D eigenvalue weighted by Gasteiger charge is -2.26. The zero-order valence-corrected chi connectivity index (χ0v) is 27.6. The van der Waals surface area contributed by atoms with E-state index < -0.39 is 23.0 Å². The summed E-state index contributed by atoms with van der Waals surface area (Å²) in [6, 6.07) is 9.48. The van der Waals surface area contributed by atoms with Gasteiger partial charge in [-0.05, 0) is 78.6 Å². The van der Waals surface area contributed by atoms with E-state index in [-0.39, 0.29) is 16.8 Å². The monoisotopic (exact) mass is 664 g/mol. The van der Waals surface area contributed by atoms with E-state index in [0.717, 1.165) is 58.3 Å². The summed E-state index contributed by atoms with van der Waals surface area (Å²) in [5.74, 6) is -0.358. The number of alkyl halides is 3. The Balaban J connectivity index is 1.43. The highest BCUT2D eigenvalue weighted by Crippen LogP contribution is 2.42. The minimum Gasteiger partial charge on any atom is -0.354 e. The molecule has 3 atom stereocenters. The molecule has 1 aliphatic heterocycles. The van der Waals surface area contributed by atoms with Crippen molar-refractivity contribution in [2.75, 3.05) is 24.5 Å². The average Bonchev–Trinajstić information content (AvgIpc) is 3.39. The number of aryl methyl sites for hydroxylation is 2. The number of fused-ring (bicyclic) bond motifs is 2. The lowest BCUT2D eigenvalue weighted by atomic mass is 9.87. The molecule has 236 valence electrons. The van der Waals surface area contributed by atoms with Crippen molar-refractivity contribution in [1.82, 2.24) is 23.9 Å². The van der Waals surface area contributed by atoms with Crippen molar-refractivity contribution in [2.45, 2.75) is 75.7 Å². The molecule has 4 heterocycles. The zero-order valence-electron chi connectivity index (χ0n) is 25.1. The van der Waals surface area contributed by atoms with Crippen LogP contribution in [0.15, 0.2) is 47.6 Å². The maximum Gasteiger partial charge on any atom is 0.452 e. The highest BCUT2D eigenvalue weighted by atomic mass is 35.5. The van der Waals surface area contributed by atoms with Crippen LogP contribution in [0.25, 0.3) is 5.65 Å². The van der Waals surface area contributed by atoms with Gasteiger partial charge in [-0.1, -0.05) is 44.0 Å². The molecule has 0 saturated heterocycles. The summed E-state index contributed by atoms with van der Waals surface area (Å²) in [5.41, 5.74) is 4.33. The van der Waals surface area contributed by atoms with Crippen LogP contribution >= 0.6 is 24.2 Å². The van der Waals surface area contributed by atoms with Gasteiger partial charge in [0.25, 0.3) is 0 Å². The van der Waals surface area contributed by atoms with E-state index in [4.69, 9.17) is 24.2 Å². The van der Waals surface area contributed by atoms with Crippen LogP contribution < -0.4 is 4.90 Å². The summed E-state index contributed by atoms with van der Waals surface area (Å²) in [5, 5.41) is 7.47. The van der Waals surface area contributed by atoms with Crippen LogP contribution in [-0.4, -0.2) is 47.7 Å². The molecule has 4 aromatic rings. The fourth-order valence-electron chi connectivity index (χ4n) is 5.77. The minimum absolute atomic E-state index is 0.0766. The van der Waals surface area contributed by atoms with Crippen molar-refractivity contribution in [3.05, 3.63) is 81.4 Å². The smallest absolute Gasteiger partial charge is 0.354 e. The topological polar surface area (TPSA) is 66.6 Å². The van der Waals surface area contributed by atoms with Crippen molar-refractivity contribution in [3.63, 3.8) is 0 Å². The maximum absolute atomic E-state index is 13.9. The van der Waals surface area contributed by atoms with Gasteiger partial charge in [0, 0.05) is 48.8 Å². The minimum atomic E-state index is -4.61. The van der Waals surface area contributed by atoms with E-state index in [1.54, 1.807) is 13.0 Å². The van der Waals surface area contributed by atoms with Crippen LogP contribution in [0.4, 0.5) is 19.0 Å². The Morgan fingerprint density at radius 2 is 1.89 bits per heavy atom. The molecule has 44 heavy (non-hydrogen) atoms. The van der Waals surface area contributed by atoms with E-state index in [1.165, 1.54) is 6.20 Å². The van der Waals surface area contributed by atoms with Crippen LogP contribution in [0.5, 0.6) is 0 Å². The second-order valence-electron chi connectivity index (χ2n) is 11.2. The Labute approximate surface area is 268 Å². The fraction of sp³-hybridized carbons (Fsp3) is 0.452. The number of anilines is 1. The van der Waals surface area contributed by atoms with Gasteiger partial charge in [0.15, 0.2) is 5.65 Å². The number of rotatable bonds is 9. The Morgan fingerprint density at radius 1 is 1.11 bits per heavy atom. The second kappa shape index (κ2) is 13.4. The molecule has 0 aliphatic carbocycles. The van der Waals surface area contributed by atoms with Crippen molar-refractivity contribution in [2.24, 2.45) is 0 Å². The van der Waals surface area contributed by atoms with Crippen molar-refractivity contribution >= 4 is 46.7 Å². The fourth-order valence-corrected chi connectivity index (χ4v) is 8.02. The van der Waals surface area contributed by atoms with E-state index in [9.17, 15) is 17.4 Å². The molecule has 1 aromatic carbocycles. The molecular weight excluding hydrogens is 629 g/mol. The Bertz CT molecular complexity index is 1680. The molecule has 0 amide bonds. The van der Waals surface area contributed by atoms with Crippen LogP contribution in [0.2, 0.25) is 5.02 Å². The van der Waals surface area contributed by atoms with Gasteiger partial charge >= 0.3 is 6.18 Å². The van der Waals surface area contributed by atoms with Gasteiger partial charge < -0.3 is 4.90 Å². The third kappa shape index (κ3) is 6.49. The van der Waals surface area contributed by atoms with Gasteiger partial charge in [0.1, 0.15) is 16.8 Å². The third-order valence-corrected chi connectivity index (χ3v) is 10.7. The molecule has 3 aromatic heterocycles. The quantitative estimate of drug-likeness (QED) is 0.186. The Kier molecular flexibility index (Phi) is 9.93. The average molecular weight is 665 g/mol. The predicted octanol–water partition coefficient (Wildman–Crippen LogP) is 7.72.